The van der Waals surface area contributed by atoms with Crippen molar-refractivity contribution in [3.63, 3.8) is 0 Å². The normalized spacial score (nSPS) is 16.5. The Morgan fingerprint density at radius 3 is 2.78 bits per heavy atom. The van der Waals surface area contributed by atoms with Gasteiger partial charge in [-0.25, -0.2) is 4.98 Å². The van der Waals surface area contributed by atoms with E-state index in [1.807, 2.05) is 29.2 Å². The summed E-state index contributed by atoms with van der Waals surface area (Å²) in [6.07, 6.45) is 5.85. The van der Waals surface area contributed by atoms with Crippen molar-refractivity contribution in [3.05, 3.63) is 59.8 Å². The largest absolute Gasteiger partial charge is 0.496 e. The Balaban J connectivity index is 1.60. The van der Waals surface area contributed by atoms with Crippen LogP contribution in [-0.4, -0.2) is 41.9 Å². The van der Waals surface area contributed by atoms with Crippen LogP contribution in [0.4, 0.5) is 5.82 Å². The first-order chi connectivity index (χ1) is 13.1. The molecule has 27 heavy (non-hydrogen) atoms. The molecule has 1 aliphatic heterocycles. The van der Waals surface area contributed by atoms with Crippen molar-refractivity contribution in [1.29, 1.82) is 0 Å². The van der Waals surface area contributed by atoms with Crippen LogP contribution in [0.25, 0.3) is 6.08 Å². The number of anilines is 1. The van der Waals surface area contributed by atoms with Gasteiger partial charge in [0.2, 0.25) is 11.8 Å². The Bertz CT molecular complexity index is 846. The standard InChI is InChI=1S/C21H23N3O3/c1-15(25)23-20-9-7-16(13-22-20)8-10-21(26)24-12-11-17(14-24)18-5-3-4-6-19(18)27-2/h3-10,13,17H,11-12,14H2,1-2H3,(H,22,23,25)/b10-8+. The molecule has 1 aromatic heterocycles. The van der Waals surface area contributed by atoms with E-state index in [0.29, 0.717) is 12.4 Å². The SMILES string of the molecule is COc1ccccc1C1CCN(C(=O)/C=C/c2ccc(NC(C)=O)nc2)C1. The molecule has 0 spiro atoms. The minimum atomic E-state index is -0.167. The average Bonchev–Trinajstić information content (AvgIpc) is 3.17. The Labute approximate surface area is 158 Å². The van der Waals surface area contributed by atoms with E-state index >= 15 is 0 Å². The van der Waals surface area contributed by atoms with Crippen molar-refractivity contribution in [2.45, 2.75) is 19.3 Å². The number of aromatic nitrogens is 1. The van der Waals surface area contributed by atoms with Gasteiger partial charge in [-0.15, -0.1) is 0 Å². The maximum Gasteiger partial charge on any atom is 0.246 e. The van der Waals surface area contributed by atoms with E-state index in [0.717, 1.165) is 29.8 Å². The molecular formula is C21H23N3O3. The number of methoxy groups -OCH3 is 1. The van der Waals surface area contributed by atoms with Crippen molar-refractivity contribution in [3.8, 4) is 5.75 Å². The number of benzene rings is 1. The van der Waals surface area contributed by atoms with Gasteiger partial charge in [-0.3, -0.25) is 9.59 Å². The number of hydrogen-bond acceptors (Lipinski definition) is 4. The summed E-state index contributed by atoms with van der Waals surface area (Å²) in [5.74, 6) is 1.47. The van der Waals surface area contributed by atoms with Crippen LogP contribution in [0.2, 0.25) is 0 Å². The van der Waals surface area contributed by atoms with Gasteiger partial charge in [0.25, 0.3) is 0 Å². The summed E-state index contributed by atoms with van der Waals surface area (Å²) in [6.45, 7) is 2.84. The van der Waals surface area contributed by atoms with Gasteiger partial charge < -0.3 is 15.0 Å². The molecule has 1 saturated heterocycles. The molecule has 1 atom stereocenters. The lowest BCUT2D eigenvalue weighted by molar-refractivity contribution is -0.125. The van der Waals surface area contributed by atoms with Gasteiger partial charge >= 0.3 is 0 Å². The van der Waals surface area contributed by atoms with Crippen molar-refractivity contribution in [1.82, 2.24) is 9.88 Å². The monoisotopic (exact) mass is 365 g/mol. The zero-order valence-corrected chi connectivity index (χ0v) is 15.5. The van der Waals surface area contributed by atoms with Gasteiger partial charge in [-0.05, 0) is 41.8 Å². The number of rotatable bonds is 5. The number of carbonyl (C=O) groups excluding carboxylic acids is 2. The summed E-state index contributed by atoms with van der Waals surface area (Å²) < 4.78 is 5.44. The highest BCUT2D eigenvalue weighted by molar-refractivity contribution is 5.92. The van der Waals surface area contributed by atoms with E-state index in [2.05, 4.69) is 16.4 Å². The van der Waals surface area contributed by atoms with E-state index in [4.69, 9.17) is 4.74 Å². The Morgan fingerprint density at radius 1 is 1.26 bits per heavy atom. The molecule has 0 bridgehead atoms. The molecule has 3 rings (SSSR count). The highest BCUT2D eigenvalue weighted by Gasteiger charge is 2.27. The first-order valence-electron chi connectivity index (χ1n) is 8.90. The minimum absolute atomic E-state index is 0.0154. The third-order valence-electron chi connectivity index (χ3n) is 4.59. The maximum atomic E-state index is 12.5. The number of hydrogen-bond donors (Lipinski definition) is 1. The number of pyridine rings is 1. The first-order valence-corrected chi connectivity index (χ1v) is 8.90. The van der Waals surface area contributed by atoms with Crippen LogP contribution in [0.5, 0.6) is 5.75 Å². The number of likely N-dealkylation sites (tertiary alicyclic amines) is 1. The quantitative estimate of drug-likeness (QED) is 0.827. The van der Waals surface area contributed by atoms with Crippen LogP contribution in [-0.2, 0) is 9.59 Å². The fourth-order valence-corrected chi connectivity index (χ4v) is 3.25. The van der Waals surface area contributed by atoms with Crippen molar-refractivity contribution in [2.24, 2.45) is 0 Å². The van der Waals surface area contributed by atoms with Crippen LogP contribution in [0.1, 0.15) is 30.4 Å². The highest BCUT2D eigenvalue weighted by atomic mass is 16.5. The van der Waals surface area contributed by atoms with Gasteiger partial charge in [-0.2, -0.15) is 0 Å². The number of nitrogens with zero attached hydrogens (tertiary/aromatic N) is 2. The van der Waals surface area contributed by atoms with Crippen LogP contribution in [0, 0.1) is 0 Å². The molecule has 2 amide bonds. The molecular weight excluding hydrogens is 342 g/mol. The summed E-state index contributed by atoms with van der Waals surface area (Å²) in [5, 5.41) is 2.61. The first kappa shape index (κ1) is 18.6. The average molecular weight is 365 g/mol. The summed E-state index contributed by atoms with van der Waals surface area (Å²) in [5.41, 5.74) is 1.95. The third-order valence-corrected chi connectivity index (χ3v) is 4.59. The zero-order chi connectivity index (χ0) is 19.2. The fourth-order valence-electron chi connectivity index (χ4n) is 3.25. The molecule has 140 valence electrons. The lowest BCUT2D eigenvalue weighted by atomic mass is 9.97. The number of amides is 2. The second-order valence-corrected chi connectivity index (χ2v) is 6.50. The van der Waals surface area contributed by atoms with E-state index in [-0.39, 0.29) is 17.7 Å². The smallest absolute Gasteiger partial charge is 0.246 e. The molecule has 0 saturated carbocycles. The second-order valence-electron chi connectivity index (χ2n) is 6.50. The van der Waals surface area contributed by atoms with Gasteiger partial charge in [0, 0.05) is 38.2 Å². The minimum Gasteiger partial charge on any atom is -0.496 e. The lowest BCUT2D eigenvalue weighted by Gasteiger charge is -2.16. The van der Waals surface area contributed by atoms with Gasteiger partial charge in [0.05, 0.1) is 7.11 Å². The van der Waals surface area contributed by atoms with Gasteiger partial charge in [0.1, 0.15) is 11.6 Å². The molecule has 1 unspecified atom stereocenters. The maximum absolute atomic E-state index is 12.5. The molecule has 6 nitrogen and oxygen atoms in total. The number of ether oxygens (including phenoxy) is 1. The molecule has 0 aliphatic carbocycles. The van der Waals surface area contributed by atoms with Gasteiger partial charge in [0.15, 0.2) is 0 Å². The van der Waals surface area contributed by atoms with Crippen LogP contribution >= 0.6 is 0 Å². The van der Waals surface area contributed by atoms with Gasteiger partial charge in [-0.1, -0.05) is 18.2 Å². The van der Waals surface area contributed by atoms with Crippen molar-refractivity contribution in [2.75, 3.05) is 25.5 Å². The number of carbonyl (C=O) groups is 2. The second kappa shape index (κ2) is 8.49. The summed E-state index contributed by atoms with van der Waals surface area (Å²) in [7, 11) is 1.67. The molecule has 1 aromatic carbocycles. The molecule has 1 fully saturated rings. The summed E-state index contributed by atoms with van der Waals surface area (Å²) >= 11 is 0. The van der Waals surface area contributed by atoms with Crippen LogP contribution in [0.3, 0.4) is 0 Å². The van der Waals surface area contributed by atoms with Crippen molar-refractivity contribution < 1.29 is 14.3 Å². The molecule has 1 aliphatic rings. The predicted octanol–water partition coefficient (Wildman–Crippen LogP) is 3.08. The topological polar surface area (TPSA) is 71.5 Å². The summed E-state index contributed by atoms with van der Waals surface area (Å²) in [4.78, 5) is 29.5. The zero-order valence-electron chi connectivity index (χ0n) is 15.5. The van der Waals surface area contributed by atoms with E-state index < -0.39 is 0 Å². The van der Waals surface area contributed by atoms with E-state index in [1.165, 1.54) is 6.92 Å². The van der Waals surface area contributed by atoms with Crippen molar-refractivity contribution >= 4 is 23.7 Å². The molecule has 2 aromatic rings. The molecule has 0 radical (unpaired) electrons. The number of nitrogens with one attached hydrogen (secondary N) is 1. The Morgan fingerprint density at radius 2 is 2.07 bits per heavy atom. The molecule has 6 heteroatoms. The molecule has 1 N–H and O–H groups in total. The Hall–Kier alpha value is -3.15. The van der Waals surface area contributed by atoms with Crippen LogP contribution < -0.4 is 10.1 Å². The highest BCUT2D eigenvalue weighted by Crippen LogP contribution is 2.33. The lowest BCUT2D eigenvalue weighted by Crippen LogP contribution is -2.26. The number of para-hydroxylation sites is 1. The van der Waals surface area contributed by atoms with E-state index in [9.17, 15) is 9.59 Å². The summed E-state index contributed by atoms with van der Waals surface area (Å²) in [6, 6.07) is 11.5. The van der Waals surface area contributed by atoms with E-state index in [1.54, 1.807) is 31.5 Å². The fraction of sp³-hybridized carbons (Fsp3) is 0.286. The Kier molecular flexibility index (Phi) is 5.86. The predicted molar refractivity (Wildman–Crippen MR) is 105 cm³/mol. The third kappa shape index (κ3) is 4.73. The molecule has 2 heterocycles. The van der Waals surface area contributed by atoms with Crippen LogP contribution in [0.15, 0.2) is 48.7 Å².